The van der Waals surface area contributed by atoms with Gasteiger partial charge in [0.25, 0.3) is 0 Å². The van der Waals surface area contributed by atoms with Crippen molar-refractivity contribution in [1.82, 2.24) is 5.32 Å². The Morgan fingerprint density at radius 2 is 1.63 bits per heavy atom. The molecule has 0 aromatic heterocycles. The third-order valence-electron chi connectivity index (χ3n) is 5.26. The fraction of sp³-hybridized carbons (Fsp3) is 0.762. The minimum absolute atomic E-state index is 0. The first kappa shape index (κ1) is 31.9. The van der Waals surface area contributed by atoms with Gasteiger partial charge in [-0.3, -0.25) is 4.79 Å². The van der Waals surface area contributed by atoms with E-state index in [0.717, 1.165) is 19.3 Å². The number of hydrogen-bond acceptors (Lipinski definition) is 5. The van der Waals surface area contributed by atoms with Crippen molar-refractivity contribution < 1.29 is 85.6 Å². The Morgan fingerprint density at radius 3 is 2.10 bits per heavy atom. The average Bonchev–Trinajstić information content (AvgIpc) is 2.66. The zero-order chi connectivity index (χ0) is 22.3. The predicted octanol–water partition coefficient (Wildman–Crippen LogP) is -2.17. The van der Waals surface area contributed by atoms with E-state index in [1.165, 1.54) is 6.08 Å². The summed E-state index contributed by atoms with van der Waals surface area (Å²) in [4.78, 5) is 36.0. The number of aliphatic carboxylic acids is 2. The van der Waals surface area contributed by atoms with Gasteiger partial charge in [0.2, 0.25) is 5.91 Å². The summed E-state index contributed by atoms with van der Waals surface area (Å²) < 4.78 is -0.338. The Hall–Kier alpha value is -0.294. The maximum atomic E-state index is 12.0. The molecule has 0 rings (SSSR count). The van der Waals surface area contributed by atoms with Crippen molar-refractivity contribution in [2.75, 3.05) is 26.2 Å². The second-order valence-electron chi connectivity index (χ2n) is 7.38. The molecule has 0 saturated carbocycles. The van der Waals surface area contributed by atoms with E-state index in [9.17, 15) is 29.7 Å². The van der Waals surface area contributed by atoms with Crippen LogP contribution in [0.5, 0.6) is 0 Å². The summed E-state index contributed by atoms with van der Waals surface area (Å²) >= 11 is 0. The number of allylic oxidation sites excluding steroid dienone is 1. The van der Waals surface area contributed by atoms with Crippen molar-refractivity contribution in [2.24, 2.45) is 0 Å². The Labute approximate surface area is 223 Å². The number of nitrogens with one attached hydrogen (secondary N) is 1. The molecule has 0 aromatic rings. The minimum atomic E-state index is -1.33. The van der Waals surface area contributed by atoms with Crippen molar-refractivity contribution in [3.8, 4) is 0 Å². The van der Waals surface area contributed by atoms with Gasteiger partial charge in [0.1, 0.15) is 12.6 Å². The number of carbonyl (C=O) groups is 3. The second kappa shape index (κ2) is 18.3. The summed E-state index contributed by atoms with van der Waals surface area (Å²) in [7, 11) is 0. The third kappa shape index (κ3) is 10.8. The Kier molecular flexibility index (Phi) is 19.4. The molecular formula is C21H38KN2O6+. The molecule has 0 bridgehead atoms. The van der Waals surface area contributed by atoms with Crippen LogP contribution in [0, 0.1) is 0 Å². The van der Waals surface area contributed by atoms with E-state index in [1.54, 1.807) is 6.08 Å². The first-order valence-corrected chi connectivity index (χ1v) is 10.7. The predicted molar refractivity (Wildman–Crippen MR) is 109 cm³/mol. The molecule has 3 unspecified atom stereocenters. The zero-order valence-corrected chi connectivity index (χ0v) is 22.2. The van der Waals surface area contributed by atoms with E-state index < -0.39 is 24.0 Å². The topological polar surface area (TPSA) is 127 Å². The number of quaternary nitrogens is 1. The summed E-state index contributed by atoms with van der Waals surface area (Å²) in [5, 5.41) is 34.1. The van der Waals surface area contributed by atoms with Gasteiger partial charge < -0.3 is 29.9 Å². The van der Waals surface area contributed by atoms with Gasteiger partial charge in [0, 0.05) is 12.8 Å². The maximum absolute atomic E-state index is 12.0. The number of carboxylic acid groups (broad SMARTS) is 2. The van der Waals surface area contributed by atoms with E-state index in [-0.39, 0.29) is 101 Å². The van der Waals surface area contributed by atoms with Crippen LogP contribution in [0.25, 0.3) is 0 Å². The van der Waals surface area contributed by atoms with Crippen LogP contribution in [0.15, 0.2) is 12.2 Å². The van der Waals surface area contributed by atoms with Gasteiger partial charge in [-0.1, -0.05) is 46.1 Å². The standard InChI is InChI=1S/C21H38N2O6.K/c1-4-7-8-9-12-19(25)22-13-14-23(15-16-24,17(10-5-2)20(26)27)18(11-6-3)21(28)29;/h9,12,17-18,24H,4-8,10-11,13-16H2,1-3H3,(H2-,22,25,26,27,28,29);/q;+1/b12-9+;. The Balaban J connectivity index is 0. The van der Waals surface area contributed by atoms with Gasteiger partial charge >= 0.3 is 57.4 Å². The molecular weight excluding hydrogens is 415 g/mol. The molecule has 9 heteroatoms. The second-order valence-corrected chi connectivity index (χ2v) is 7.38. The van der Waals surface area contributed by atoms with E-state index in [4.69, 9.17) is 0 Å². The molecule has 3 atom stereocenters. The maximum Gasteiger partial charge on any atom is 1.00 e. The van der Waals surface area contributed by atoms with Crippen molar-refractivity contribution in [3.05, 3.63) is 12.2 Å². The van der Waals surface area contributed by atoms with E-state index in [1.807, 2.05) is 13.8 Å². The molecule has 3 N–H and O–H groups in total. The molecule has 0 aliphatic carbocycles. The van der Waals surface area contributed by atoms with Crippen LogP contribution in [-0.2, 0) is 14.4 Å². The molecule has 0 saturated heterocycles. The number of aliphatic hydroxyl groups excluding tert-OH is 1. The fourth-order valence-corrected chi connectivity index (χ4v) is 3.83. The molecule has 0 heterocycles. The number of nitrogens with zero attached hydrogens (tertiary/aromatic N) is 1. The third-order valence-corrected chi connectivity index (χ3v) is 5.26. The minimum Gasteiger partial charge on any atom is -0.544 e. The molecule has 0 spiro atoms. The number of aliphatic hydroxyl groups is 1. The van der Waals surface area contributed by atoms with E-state index >= 15 is 0 Å². The van der Waals surface area contributed by atoms with Gasteiger partial charge in [0.15, 0.2) is 6.04 Å². The first-order valence-electron chi connectivity index (χ1n) is 10.7. The zero-order valence-electron chi connectivity index (χ0n) is 19.1. The average molecular weight is 454 g/mol. The molecule has 0 fully saturated rings. The number of amides is 1. The van der Waals surface area contributed by atoms with Gasteiger partial charge in [-0.05, 0) is 18.9 Å². The van der Waals surface area contributed by atoms with Crippen LogP contribution < -0.4 is 61.8 Å². The molecule has 1 amide bonds. The number of rotatable bonds is 17. The number of unbranched alkanes of at least 4 members (excludes halogenated alkanes) is 2. The number of carbonyl (C=O) groups excluding carboxylic acids is 2. The van der Waals surface area contributed by atoms with Crippen LogP contribution >= 0.6 is 0 Å². The van der Waals surface area contributed by atoms with Crippen LogP contribution in [0.3, 0.4) is 0 Å². The van der Waals surface area contributed by atoms with E-state index in [0.29, 0.717) is 12.8 Å². The van der Waals surface area contributed by atoms with Crippen molar-refractivity contribution >= 4 is 17.8 Å². The summed E-state index contributed by atoms with van der Waals surface area (Å²) in [6, 6.07) is -2.07. The molecule has 8 nitrogen and oxygen atoms in total. The largest absolute Gasteiger partial charge is 1.00 e. The fourth-order valence-electron chi connectivity index (χ4n) is 3.83. The number of carboxylic acids is 2. The quantitative estimate of drug-likeness (QED) is 0.0996. The summed E-state index contributed by atoms with van der Waals surface area (Å²) in [6.45, 7) is 5.53. The Bertz CT molecular complexity index is 518. The van der Waals surface area contributed by atoms with Gasteiger partial charge in [0.05, 0.1) is 25.7 Å². The molecule has 0 aliphatic heterocycles. The van der Waals surface area contributed by atoms with Crippen LogP contribution in [-0.4, -0.2) is 70.9 Å². The van der Waals surface area contributed by atoms with Crippen molar-refractivity contribution in [3.63, 3.8) is 0 Å². The summed E-state index contributed by atoms with van der Waals surface area (Å²) in [5.74, 6) is -2.73. The first-order chi connectivity index (χ1) is 13.8. The smallest absolute Gasteiger partial charge is 0.544 e. The van der Waals surface area contributed by atoms with Crippen molar-refractivity contribution in [1.29, 1.82) is 0 Å². The van der Waals surface area contributed by atoms with E-state index in [2.05, 4.69) is 12.2 Å². The molecule has 30 heavy (non-hydrogen) atoms. The number of hydrogen-bond donors (Lipinski definition) is 3. The molecule has 0 aliphatic rings. The summed E-state index contributed by atoms with van der Waals surface area (Å²) in [5.41, 5.74) is 0. The summed E-state index contributed by atoms with van der Waals surface area (Å²) in [6.07, 6.45) is 7.65. The normalized spacial score (nSPS) is 15.1. The van der Waals surface area contributed by atoms with Crippen LogP contribution in [0.2, 0.25) is 0 Å². The monoisotopic (exact) mass is 453 g/mol. The molecule has 0 radical (unpaired) electrons. The van der Waals surface area contributed by atoms with Crippen LogP contribution in [0.4, 0.5) is 0 Å². The Morgan fingerprint density at radius 1 is 1.03 bits per heavy atom. The molecule has 0 aromatic carbocycles. The van der Waals surface area contributed by atoms with Crippen molar-refractivity contribution in [2.45, 2.75) is 77.8 Å². The van der Waals surface area contributed by atoms with Gasteiger partial charge in [-0.25, -0.2) is 4.79 Å². The van der Waals surface area contributed by atoms with Gasteiger partial charge in [-0.2, -0.15) is 0 Å². The van der Waals surface area contributed by atoms with Crippen LogP contribution in [0.1, 0.15) is 65.7 Å². The molecule has 168 valence electrons. The van der Waals surface area contributed by atoms with Gasteiger partial charge in [-0.15, -0.1) is 0 Å². The SMILES string of the molecule is CCCC/C=C/C(=O)NCC[N+](CCO)(C(CCC)C(=O)[O-])C(CCC)C(=O)O.[K+].